The van der Waals surface area contributed by atoms with E-state index in [4.69, 9.17) is 4.42 Å². The van der Waals surface area contributed by atoms with Crippen molar-refractivity contribution in [2.24, 2.45) is 0 Å². The predicted molar refractivity (Wildman–Crippen MR) is 77.2 cm³/mol. The van der Waals surface area contributed by atoms with Crippen molar-refractivity contribution in [3.8, 4) is 11.5 Å². The van der Waals surface area contributed by atoms with Gasteiger partial charge in [0, 0.05) is 18.3 Å². The van der Waals surface area contributed by atoms with Crippen LogP contribution in [0, 0.1) is 2.88 Å². The molecule has 0 saturated heterocycles. The van der Waals surface area contributed by atoms with Crippen LogP contribution in [0.5, 0.6) is 0 Å². The second-order valence-electron chi connectivity index (χ2n) is 3.64. The number of hydrogen-bond acceptors (Lipinski definition) is 5. The Balaban J connectivity index is 1.92. The number of hydrogen-bond donors (Lipinski definition) is 1. The van der Waals surface area contributed by atoms with Crippen molar-refractivity contribution >= 4 is 33.9 Å². The molecule has 0 aliphatic rings. The lowest BCUT2D eigenvalue weighted by Crippen LogP contribution is -2.17. The van der Waals surface area contributed by atoms with Gasteiger partial charge in [0.15, 0.2) is 0 Å². The van der Waals surface area contributed by atoms with Crippen molar-refractivity contribution in [2.45, 2.75) is 19.8 Å². The molecule has 1 N–H and O–H groups in total. The Labute approximate surface area is 118 Å². The maximum atomic E-state index is 5.60. The van der Waals surface area contributed by atoms with Crippen molar-refractivity contribution < 1.29 is 4.42 Å². The summed E-state index contributed by atoms with van der Waals surface area (Å²) < 4.78 is 6.83. The van der Waals surface area contributed by atoms with Crippen molar-refractivity contribution in [2.75, 3.05) is 13.1 Å². The van der Waals surface area contributed by atoms with Gasteiger partial charge >= 0.3 is 0 Å². The fourth-order valence-corrected chi connectivity index (χ4v) is 2.71. The van der Waals surface area contributed by atoms with Crippen LogP contribution in [-0.2, 0) is 6.42 Å². The summed E-state index contributed by atoms with van der Waals surface area (Å²) in [4.78, 5) is 0. The van der Waals surface area contributed by atoms with Crippen molar-refractivity contribution in [1.82, 2.24) is 15.5 Å². The second kappa shape index (κ2) is 6.46. The topological polar surface area (TPSA) is 51.0 Å². The summed E-state index contributed by atoms with van der Waals surface area (Å²) in [5.74, 6) is 1.32. The van der Waals surface area contributed by atoms with E-state index in [2.05, 4.69) is 51.1 Å². The molecule has 0 radical (unpaired) electrons. The molecule has 0 spiro atoms. The number of rotatable bonds is 6. The van der Waals surface area contributed by atoms with Crippen molar-refractivity contribution in [1.29, 1.82) is 0 Å². The molecule has 2 rings (SSSR count). The first-order valence-corrected chi connectivity index (χ1v) is 7.53. The number of halogens is 1. The van der Waals surface area contributed by atoms with Crippen LogP contribution in [-0.4, -0.2) is 23.3 Å². The van der Waals surface area contributed by atoms with Gasteiger partial charge in [-0.1, -0.05) is 6.92 Å². The molecule has 92 valence electrons. The molecule has 0 bridgehead atoms. The molecule has 4 nitrogen and oxygen atoms in total. The number of thiophene rings is 1. The standard InChI is InChI=1S/C11H14IN3OS/c1-2-4-13-5-3-10-14-15-11(16-10)8-6-9(12)17-7-8/h6-7,13H,2-5H2,1H3. The van der Waals surface area contributed by atoms with Crippen LogP contribution < -0.4 is 5.32 Å². The largest absolute Gasteiger partial charge is 0.421 e. The molecule has 0 aromatic carbocycles. The molecular weight excluding hydrogens is 349 g/mol. The zero-order valence-electron chi connectivity index (χ0n) is 9.57. The van der Waals surface area contributed by atoms with E-state index in [1.807, 2.05) is 5.38 Å². The first-order valence-electron chi connectivity index (χ1n) is 5.57. The van der Waals surface area contributed by atoms with E-state index in [0.717, 1.165) is 31.5 Å². The van der Waals surface area contributed by atoms with Gasteiger partial charge in [-0.05, 0) is 41.6 Å². The summed E-state index contributed by atoms with van der Waals surface area (Å²) >= 11 is 3.96. The van der Waals surface area contributed by atoms with Crippen LogP contribution in [0.25, 0.3) is 11.5 Å². The molecule has 2 aromatic rings. The minimum Gasteiger partial charge on any atom is -0.421 e. The van der Waals surface area contributed by atoms with Gasteiger partial charge in [0.2, 0.25) is 11.8 Å². The maximum Gasteiger partial charge on any atom is 0.248 e. The van der Waals surface area contributed by atoms with Gasteiger partial charge < -0.3 is 9.73 Å². The Morgan fingerprint density at radius 2 is 2.29 bits per heavy atom. The van der Waals surface area contributed by atoms with Gasteiger partial charge in [-0.2, -0.15) is 0 Å². The minimum atomic E-state index is 0.620. The number of aromatic nitrogens is 2. The third-order valence-corrected chi connectivity index (χ3v) is 4.01. The first-order chi connectivity index (χ1) is 8.29. The lowest BCUT2D eigenvalue weighted by atomic mass is 10.3. The van der Waals surface area contributed by atoms with Gasteiger partial charge in [-0.25, -0.2) is 0 Å². The molecule has 6 heteroatoms. The van der Waals surface area contributed by atoms with Crippen LogP contribution in [0.3, 0.4) is 0 Å². The second-order valence-corrected chi connectivity index (χ2v) is 6.45. The Hall–Kier alpha value is -0.470. The quantitative estimate of drug-likeness (QED) is 0.633. The molecule has 0 saturated carbocycles. The smallest absolute Gasteiger partial charge is 0.248 e. The van der Waals surface area contributed by atoms with E-state index < -0.39 is 0 Å². The summed E-state index contributed by atoms with van der Waals surface area (Å²) in [6.45, 7) is 4.07. The maximum absolute atomic E-state index is 5.60. The van der Waals surface area contributed by atoms with E-state index in [0.29, 0.717) is 11.8 Å². The highest BCUT2D eigenvalue weighted by atomic mass is 127. The molecule has 0 aliphatic heterocycles. The Morgan fingerprint density at radius 3 is 3.00 bits per heavy atom. The normalized spacial score (nSPS) is 10.9. The number of nitrogens with zero attached hydrogens (tertiary/aromatic N) is 2. The first kappa shape index (κ1) is 13.0. The fourth-order valence-electron chi connectivity index (χ4n) is 1.39. The highest BCUT2D eigenvalue weighted by Crippen LogP contribution is 2.25. The van der Waals surface area contributed by atoms with E-state index in [1.54, 1.807) is 11.3 Å². The van der Waals surface area contributed by atoms with E-state index in [1.165, 1.54) is 2.88 Å². The summed E-state index contributed by atoms with van der Waals surface area (Å²) in [6, 6.07) is 2.05. The fraction of sp³-hybridized carbons (Fsp3) is 0.455. The van der Waals surface area contributed by atoms with Gasteiger partial charge in [-0.15, -0.1) is 21.5 Å². The third-order valence-electron chi connectivity index (χ3n) is 2.22. The highest BCUT2D eigenvalue weighted by molar-refractivity contribution is 14.1. The molecule has 0 atom stereocenters. The average molecular weight is 363 g/mol. The van der Waals surface area contributed by atoms with Crippen LogP contribution >= 0.6 is 33.9 Å². The Bertz CT molecular complexity index is 469. The Kier molecular flexibility index (Phi) is 4.93. The lowest BCUT2D eigenvalue weighted by molar-refractivity contribution is 0.494. The van der Waals surface area contributed by atoms with Crippen LogP contribution in [0.2, 0.25) is 0 Å². The van der Waals surface area contributed by atoms with Gasteiger partial charge in [0.1, 0.15) is 0 Å². The van der Waals surface area contributed by atoms with Gasteiger partial charge in [-0.3, -0.25) is 0 Å². The molecule has 0 amide bonds. The zero-order valence-corrected chi connectivity index (χ0v) is 12.5. The summed E-state index contributed by atoms with van der Waals surface area (Å²) in [6.07, 6.45) is 1.93. The molecule has 2 aromatic heterocycles. The van der Waals surface area contributed by atoms with Gasteiger partial charge in [0.25, 0.3) is 0 Å². The molecular formula is C11H14IN3OS. The zero-order chi connectivity index (χ0) is 12.1. The molecule has 0 aliphatic carbocycles. The lowest BCUT2D eigenvalue weighted by Gasteiger charge is -1.98. The van der Waals surface area contributed by atoms with Crippen molar-refractivity contribution in [3.05, 3.63) is 20.2 Å². The third kappa shape index (κ3) is 3.75. The van der Waals surface area contributed by atoms with Crippen molar-refractivity contribution in [3.63, 3.8) is 0 Å². The SMILES string of the molecule is CCCNCCc1nnc(-c2csc(I)c2)o1. The summed E-state index contributed by atoms with van der Waals surface area (Å²) in [5.41, 5.74) is 1.01. The van der Waals surface area contributed by atoms with E-state index >= 15 is 0 Å². The van der Waals surface area contributed by atoms with Crippen LogP contribution in [0.1, 0.15) is 19.2 Å². The average Bonchev–Trinajstić information content (AvgIpc) is 2.93. The van der Waals surface area contributed by atoms with E-state index in [-0.39, 0.29) is 0 Å². The highest BCUT2D eigenvalue weighted by Gasteiger charge is 2.09. The van der Waals surface area contributed by atoms with Gasteiger partial charge in [0.05, 0.1) is 8.45 Å². The molecule has 2 heterocycles. The Morgan fingerprint density at radius 1 is 1.41 bits per heavy atom. The predicted octanol–water partition coefficient (Wildman–Crippen LogP) is 2.94. The molecule has 0 fully saturated rings. The van der Waals surface area contributed by atoms with E-state index in [9.17, 15) is 0 Å². The summed E-state index contributed by atoms with van der Waals surface area (Å²) in [5, 5.41) is 13.4. The minimum absolute atomic E-state index is 0.620. The van der Waals surface area contributed by atoms with Crippen LogP contribution in [0.4, 0.5) is 0 Å². The monoisotopic (exact) mass is 363 g/mol. The summed E-state index contributed by atoms with van der Waals surface area (Å²) in [7, 11) is 0. The van der Waals surface area contributed by atoms with Crippen LogP contribution in [0.15, 0.2) is 15.9 Å². The molecule has 0 unspecified atom stereocenters. The number of nitrogens with one attached hydrogen (secondary N) is 1. The molecule has 17 heavy (non-hydrogen) atoms.